The first-order valence-electron chi connectivity index (χ1n) is 7.17. The summed E-state index contributed by atoms with van der Waals surface area (Å²) in [5.41, 5.74) is 3.32. The van der Waals surface area contributed by atoms with Gasteiger partial charge in [0.15, 0.2) is 11.6 Å². The zero-order valence-electron chi connectivity index (χ0n) is 12.3. The van der Waals surface area contributed by atoms with Crippen LogP contribution in [0.3, 0.4) is 0 Å². The number of alkyl halides is 1. The summed E-state index contributed by atoms with van der Waals surface area (Å²) >= 11 is 5.68. The average Bonchev–Trinajstić information content (AvgIpc) is 3.06. The quantitative estimate of drug-likeness (QED) is 0.669. The van der Waals surface area contributed by atoms with Gasteiger partial charge in [-0.25, -0.2) is 0 Å². The third kappa shape index (κ3) is 3.25. The first-order valence-corrected chi connectivity index (χ1v) is 7.70. The number of benzene rings is 2. The van der Waals surface area contributed by atoms with Crippen LogP contribution in [0, 0.1) is 0 Å². The average molecular weight is 324 g/mol. The fourth-order valence-corrected chi connectivity index (χ4v) is 2.59. The summed E-state index contributed by atoms with van der Waals surface area (Å²) in [6, 6.07) is 15.1. The van der Waals surface area contributed by atoms with E-state index in [1.807, 2.05) is 18.3 Å². The van der Waals surface area contributed by atoms with E-state index in [1.54, 1.807) is 24.3 Å². The Hall–Kier alpha value is -2.65. The van der Waals surface area contributed by atoms with Crippen molar-refractivity contribution in [2.45, 2.75) is 5.88 Å². The first-order chi connectivity index (χ1) is 11.2. The highest BCUT2D eigenvalue weighted by atomic mass is 35.5. The van der Waals surface area contributed by atoms with Crippen LogP contribution in [0.15, 0.2) is 66.9 Å². The molecule has 23 heavy (non-hydrogen) atoms. The van der Waals surface area contributed by atoms with E-state index in [0.29, 0.717) is 17.0 Å². The molecule has 3 nitrogen and oxygen atoms in total. The van der Waals surface area contributed by atoms with Crippen LogP contribution in [0.25, 0.3) is 10.9 Å². The van der Waals surface area contributed by atoms with Crippen LogP contribution in [-0.2, 0) is 5.88 Å². The SMILES string of the molecule is ClCc1ccc2cc[nH]c2c1.O=C1C=CC(=O)c2ccccc21. The number of aromatic nitrogens is 1. The lowest BCUT2D eigenvalue weighted by atomic mass is 9.95. The number of halogens is 1. The highest BCUT2D eigenvalue weighted by Crippen LogP contribution is 2.16. The van der Waals surface area contributed by atoms with Crippen LogP contribution in [0.5, 0.6) is 0 Å². The number of fused-ring (bicyclic) bond motifs is 2. The van der Waals surface area contributed by atoms with Gasteiger partial charge in [-0.2, -0.15) is 0 Å². The minimum absolute atomic E-state index is 0.0924. The van der Waals surface area contributed by atoms with Crippen molar-refractivity contribution in [1.82, 2.24) is 4.98 Å². The molecule has 114 valence electrons. The topological polar surface area (TPSA) is 49.9 Å². The van der Waals surface area contributed by atoms with Crippen molar-refractivity contribution in [1.29, 1.82) is 0 Å². The van der Waals surface area contributed by atoms with Crippen molar-refractivity contribution < 1.29 is 9.59 Å². The van der Waals surface area contributed by atoms with Crippen LogP contribution in [0.1, 0.15) is 26.3 Å². The van der Waals surface area contributed by atoms with Crippen LogP contribution >= 0.6 is 11.6 Å². The normalized spacial score (nSPS) is 12.7. The number of ketones is 2. The molecule has 1 N–H and O–H groups in total. The molecule has 0 saturated heterocycles. The van der Waals surface area contributed by atoms with Gasteiger partial charge in [0.25, 0.3) is 0 Å². The maximum absolute atomic E-state index is 11.2. The Labute approximate surface area is 138 Å². The number of allylic oxidation sites excluding steroid dienone is 2. The molecule has 0 fully saturated rings. The predicted octanol–water partition coefficient (Wildman–Crippen LogP) is 4.53. The largest absolute Gasteiger partial charge is 0.361 e. The Bertz CT molecular complexity index is 871. The fraction of sp³-hybridized carbons (Fsp3) is 0.0526. The summed E-state index contributed by atoms with van der Waals surface area (Å²) in [4.78, 5) is 25.5. The Morgan fingerprint density at radius 2 is 1.52 bits per heavy atom. The number of aromatic amines is 1. The maximum atomic E-state index is 11.2. The van der Waals surface area contributed by atoms with Gasteiger partial charge in [-0.1, -0.05) is 36.4 Å². The minimum Gasteiger partial charge on any atom is -0.361 e. The second-order valence-corrected chi connectivity index (χ2v) is 5.41. The van der Waals surface area contributed by atoms with E-state index in [-0.39, 0.29) is 11.6 Å². The van der Waals surface area contributed by atoms with Gasteiger partial charge in [-0.15, -0.1) is 11.6 Å². The standard InChI is InChI=1S/C10H6O2.C9H8ClN/c11-9-5-6-10(12)8-4-2-1-3-7(8)9;10-6-7-1-2-8-3-4-11-9(8)5-7/h1-6H;1-5,11H,6H2. The van der Waals surface area contributed by atoms with E-state index in [9.17, 15) is 9.59 Å². The monoisotopic (exact) mass is 323 g/mol. The van der Waals surface area contributed by atoms with Crippen LogP contribution in [-0.4, -0.2) is 16.6 Å². The van der Waals surface area contributed by atoms with Crippen LogP contribution in [0.4, 0.5) is 0 Å². The van der Waals surface area contributed by atoms with Gasteiger partial charge >= 0.3 is 0 Å². The molecule has 1 aliphatic rings. The molecular formula is C19H14ClNO2. The van der Waals surface area contributed by atoms with E-state index >= 15 is 0 Å². The Balaban J connectivity index is 0.000000136. The summed E-state index contributed by atoms with van der Waals surface area (Å²) in [6.07, 6.45) is 4.55. The second kappa shape index (κ2) is 6.63. The van der Waals surface area contributed by atoms with Crippen molar-refractivity contribution in [3.8, 4) is 0 Å². The highest BCUT2D eigenvalue weighted by Gasteiger charge is 2.16. The molecule has 0 unspecified atom stereocenters. The van der Waals surface area contributed by atoms with Crippen LogP contribution < -0.4 is 0 Å². The molecule has 0 spiro atoms. The molecule has 0 bridgehead atoms. The van der Waals surface area contributed by atoms with Gasteiger partial charge < -0.3 is 4.98 Å². The van der Waals surface area contributed by atoms with Crippen molar-refractivity contribution in [2.24, 2.45) is 0 Å². The number of H-pyrrole nitrogens is 1. The van der Waals surface area contributed by atoms with Crippen LogP contribution in [0.2, 0.25) is 0 Å². The predicted molar refractivity (Wildman–Crippen MR) is 92.1 cm³/mol. The summed E-state index contributed by atoms with van der Waals surface area (Å²) in [6.45, 7) is 0. The lowest BCUT2D eigenvalue weighted by molar-refractivity contribution is 0.0994. The molecule has 1 aliphatic carbocycles. The van der Waals surface area contributed by atoms with E-state index < -0.39 is 0 Å². The molecule has 0 atom stereocenters. The first kappa shape index (κ1) is 15.3. The van der Waals surface area contributed by atoms with Gasteiger partial charge in [0.2, 0.25) is 0 Å². The van der Waals surface area contributed by atoms with E-state index in [1.165, 1.54) is 17.5 Å². The van der Waals surface area contributed by atoms with Gasteiger partial charge in [0, 0.05) is 28.7 Å². The van der Waals surface area contributed by atoms with Crippen molar-refractivity contribution >= 4 is 34.1 Å². The summed E-state index contributed by atoms with van der Waals surface area (Å²) in [5, 5.41) is 1.24. The number of carbonyl (C=O) groups is 2. The number of rotatable bonds is 1. The third-order valence-electron chi connectivity index (χ3n) is 3.62. The van der Waals surface area contributed by atoms with Gasteiger partial charge in [-0.05, 0) is 35.2 Å². The molecule has 3 aromatic rings. The molecule has 4 rings (SSSR count). The molecule has 4 heteroatoms. The fourth-order valence-electron chi connectivity index (χ4n) is 2.42. The van der Waals surface area contributed by atoms with Crippen molar-refractivity contribution in [3.63, 3.8) is 0 Å². The van der Waals surface area contributed by atoms with E-state index in [4.69, 9.17) is 11.6 Å². The number of carbonyl (C=O) groups excluding carboxylic acids is 2. The minimum atomic E-state index is -0.0924. The van der Waals surface area contributed by atoms with Gasteiger partial charge in [0.05, 0.1) is 0 Å². The van der Waals surface area contributed by atoms with E-state index in [2.05, 4.69) is 17.1 Å². The zero-order valence-corrected chi connectivity index (χ0v) is 13.0. The molecule has 2 aromatic carbocycles. The zero-order chi connectivity index (χ0) is 16.2. The number of nitrogens with one attached hydrogen (secondary N) is 1. The molecule has 0 radical (unpaired) electrons. The number of hydrogen-bond donors (Lipinski definition) is 1. The number of hydrogen-bond acceptors (Lipinski definition) is 2. The smallest absolute Gasteiger partial charge is 0.186 e. The summed E-state index contributed by atoms with van der Waals surface area (Å²) < 4.78 is 0. The summed E-state index contributed by atoms with van der Waals surface area (Å²) in [7, 11) is 0. The van der Waals surface area contributed by atoms with Gasteiger partial charge in [-0.3, -0.25) is 9.59 Å². The van der Waals surface area contributed by atoms with Crippen molar-refractivity contribution in [3.05, 3.63) is 83.6 Å². The molecular weight excluding hydrogens is 310 g/mol. The summed E-state index contributed by atoms with van der Waals surface area (Å²) in [5.74, 6) is 0.394. The molecule has 0 saturated carbocycles. The molecule has 1 aromatic heterocycles. The highest BCUT2D eigenvalue weighted by molar-refractivity contribution is 6.21. The van der Waals surface area contributed by atoms with Gasteiger partial charge in [0.1, 0.15) is 0 Å². The third-order valence-corrected chi connectivity index (χ3v) is 3.93. The molecule has 0 aliphatic heterocycles. The van der Waals surface area contributed by atoms with E-state index in [0.717, 1.165) is 11.1 Å². The second-order valence-electron chi connectivity index (χ2n) is 5.14. The molecule has 1 heterocycles. The Morgan fingerprint density at radius 3 is 2.13 bits per heavy atom. The lowest BCUT2D eigenvalue weighted by Crippen LogP contribution is -2.10. The Morgan fingerprint density at radius 1 is 0.870 bits per heavy atom. The van der Waals surface area contributed by atoms with Crippen molar-refractivity contribution in [2.75, 3.05) is 0 Å². The maximum Gasteiger partial charge on any atom is 0.186 e. The lowest BCUT2D eigenvalue weighted by Gasteiger charge is -2.06. The Kier molecular flexibility index (Phi) is 4.40. The molecule has 0 amide bonds.